The molecule has 0 fully saturated rings. The number of rotatable bonds is 2. The second-order valence-corrected chi connectivity index (χ2v) is 4.30. The summed E-state index contributed by atoms with van der Waals surface area (Å²) in [6.07, 6.45) is 0. The van der Waals surface area contributed by atoms with Crippen LogP contribution < -0.4 is 23.8 Å². The predicted molar refractivity (Wildman–Crippen MR) is 75.0 cm³/mol. The van der Waals surface area contributed by atoms with Crippen LogP contribution in [-0.2, 0) is 12.6 Å². The Labute approximate surface area is 124 Å². The van der Waals surface area contributed by atoms with Gasteiger partial charge in [0, 0.05) is 11.4 Å². The molecule has 2 aromatic rings. The smallest absolute Gasteiger partial charge is 0.411 e. The average Bonchev–Trinajstić information content (AvgIpc) is 2.31. The van der Waals surface area contributed by atoms with E-state index in [1.165, 1.54) is 0 Å². The number of thiocarbonyl (C=S) groups is 1. The summed E-state index contributed by atoms with van der Waals surface area (Å²) in [6, 6.07) is 19.8. The Morgan fingerprint density at radius 2 is 1.18 bits per heavy atom. The summed E-state index contributed by atoms with van der Waals surface area (Å²) in [5, 5.41) is 0. The van der Waals surface area contributed by atoms with Crippen LogP contribution in [0.5, 0.6) is 0 Å². The van der Waals surface area contributed by atoms with Crippen LogP contribution in [0.3, 0.4) is 0 Å². The van der Waals surface area contributed by atoms with Gasteiger partial charge in [0.25, 0.3) is 0 Å². The summed E-state index contributed by atoms with van der Waals surface area (Å²) >= 11 is 10.2. The maximum Gasteiger partial charge on any atom is 1.00 e. The quantitative estimate of drug-likeness (QED) is 0.438. The van der Waals surface area contributed by atoms with E-state index in [1.807, 2.05) is 65.6 Å². The van der Waals surface area contributed by atoms with Crippen LogP contribution in [0.25, 0.3) is 0 Å². The Kier molecular flexibility index (Phi) is 5.67. The molecule has 0 aliphatic rings. The normalized spacial score (nSPS) is 9.18. The Morgan fingerprint density at radius 1 is 0.824 bits per heavy atom. The van der Waals surface area contributed by atoms with Crippen LogP contribution in [0, 0.1) is 0 Å². The van der Waals surface area contributed by atoms with Crippen LogP contribution in [0.2, 0.25) is 0 Å². The third-order valence-electron chi connectivity index (χ3n) is 2.21. The molecule has 0 radical (unpaired) electrons. The van der Waals surface area contributed by atoms with Crippen molar-refractivity contribution in [2.45, 2.75) is 0 Å². The summed E-state index contributed by atoms with van der Waals surface area (Å²) in [5.41, 5.74) is 1.99. The minimum Gasteiger partial charge on any atom is -0.411 e. The Hall–Kier alpha value is -0.853. The Balaban J connectivity index is 0.00000144. The Bertz CT molecular complexity index is 434. The van der Waals surface area contributed by atoms with E-state index in [0.29, 0.717) is 4.32 Å². The topological polar surface area (TPSA) is 3.24 Å². The maximum absolute atomic E-state index is 5.12. The number of para-hydroxylation sites is 2. The molecule has 0 N–H and O–H groups in total. The van der Waals surface area contributed by atoms with Gasteiger partial charge >= 0.3 is 18.9 Å². The van der Waals surface area contributed by atoms with Crippen molar-refractivity contribution in [3.63, 3.8) is 0 Å². The number of hydrogen-bond acceptors (Lipinski definition) is 2. The van der Waals surface area contributed by atoms with E-state index >= 15 is 0 Å². The van der Waals surface area contributed by atoms with E-state index in [9.17, 15) is 0 Å². The first-order valence-corrected chi connectivity index (χ1v) is 5.72. The predicted octanol–water partition coefficient (Wildman–Crippen LogP) is 0.660. The Morgan fingerprint density at radius 3 is 1.47 bits per heavy atom. The fourth-order valence-electron chi connectivity index (χ4n) is 1.51. The number of anilines is 2. The molecule has 0 saturated carbocycles. The van der Waals surface area contributed by atoms with Gasteiger partial charge < -0.3 is 29.7 Å². The van der Waals surface area contributed by atoms with E-state index < -0.39 is 0 Å². The standard InChI is InChI=1S/C13H11NS2.Li/c15-13(16)14(11-7-3-1-4-8-11)12-9-5-2-6-10-12;/h1-10H,(H,15,16);/q;+1/p-1. The first-order chi connectivity index (χ1) is 7.79. The molecule has 17 heavy (non-hydrogen) atoms. The second kappa shape index (κ2) is 6.78. The number of nitrogens with zero attached hydrogens (tertiary/aromatic N) is 1. The largest absolute Gasteiger partial charge is 1.00 e. The zero-order valence-electron chi connectivity index (χ0n) is 9.54. The van der Waals surface area contributed by atoms with E-state index in [4.69, 9.17) is 24.8 Å². The first-order valence-electron chi connectivity index (χ1n) is 4.90. The van der Waals surface area contributed by atoms with E-state index in [-0.39, 0.29) is 18.9 Å². The minimum atomic E-state index is 0. The summed E-state index contributed by atoms with van der Waals surface area (Å²) in [5.74, 6) is 0. The molecular weight excluding hydrogens is 241 g/mol. The van der Waals surface area contributed by atoms with Crippen LogP contribution >= 0.6 is 12.2 Å². The van der Waals surface area contributed by atoms with Crippen LogP contribution in [0.4, 0.5) is 11.4 Å². The van der Waals surface area contributed by atoms with Gasteiger partial charge in [0.2, 0.25) is 0 Å². The van der Waals surface area contributed by atoms with Gasteiger partial charge in [0.1, 0.15) is 0 Å². The van der Waals surface area contributed by atoms with Crippen molar-refractivity contribution in [1.29, 1.82) is 0 Å². The molecule has 0 aromatic heterocycles. The van der Waals surface area contributed by atoms with Crippen molar-refractivity contribution in [3.8, 4) is 0 Å². The molecule has 0 atom stereocenters. The maximum atomic E-state index is 5.12. The van der Waals surface area contributed by atoms with Gasteiger partial charge in [-0.3, -0.25) is 0 Å². The zero-order valence-corrected chi connectivity index (χ0v) is 11.2. The minimum absolute atomic E-state index is 0. The van der Waals surface area contributed by atoms with Gasteiger partial charge in [0.15, 0.2) is 0 Å². The van der Waals surface area contributed by atoms with Crippen LogP contribution in [0.1, 0.15) is 0 Å². The van der Waals surface area contributed by atoms with Crippen molar-refractivity contribution in [3.05, 3.63) is 60.7 Å². The van der Waals surface area contributed by atoms with Gasteiger partial charge in [-0.1, -0.05) is 40.7 Å². The number of hydrogen-bond donors (Lipinski definition) is 0. The van der Waals surface area contributed by atoms with Gasteiger partial charge in [-0.05, 0) is 24.3 Å². The van der Waals surface area contributed by atoms with Crippen molar-refractivity contribution < 1.29 is 18.9 Å². The van der Waals surface area contributed by atoms with E-state index in [2.05, 4.69) is 0 Å². The number of benzene rings is 2. The molecule has 4 heteroatoms. The average molecular weight is 251 g/mol. The molecule has 2 rings (SSSR count). The van der Waals surface area contributed by atoms with Gasteiger partial charge in [-0.15, -0.1) is 0 Å². The SMILES string of the molecule is S=C([S-])N(c1ccccc1)c1ccccc1.[Li+]. The molecule has 0 unspecified atom stereocenters. The third kappa shape index (κ3) is 3.55. The fourth-order valence-corrected chi connectivity index (χ4v) is 1.94. The molecule has 1 nitrogen and oxygen atoms in total. The molecule has 2 aromatic carbocycles. The zero-order chi connectivity index (χ0) is 11.4. The van der Waals surface area contributed by atoms with Crippen LogP contribution in [0.15, 0.2) is 60.7 Å². The van der Waals surface area contributed by atoms with Gasteiger partial charge in [-0.25, -0.2) is 0 Å². The van der Waals surface area contributed by atoms with Crippen LogP contribution in [-0.4, -0.2) is 4.32 Å². The van der Waals surface area contributed by atoms with E-state index in [1.54, 1.807) is 0 Å². The summed E-state index contributed by atoms with van der Waals surface area (Å²) in [7, 11) is 0. The second-order valence-electron chi connectivity index (χ2n) is 3.27. The summed E-state index contributed by atoms with van der Waals surface area (Å²) in [4.78, 5) is 1.88. The van der Waals surface area contributed by atoms with Crippen molar-refractivity contribution in [1.82, 2.24) is 0 Å². The first kappa shape index (κ1) is 14.2. The van der Waals surface area contributed by atoms with Crippen molar-refractivity contribution in [2.75, 3.05) is 4.90 Å². The summed E-state index contributed by atoms with van der Waals surface area (Å²) < 4.78 is 0.428. The molecule has 0 aliphatic carbocycles. The molecule has 0 amide bonds. The molecule has 0 aliphatic heterocycles. The molecule has 80 valence electrons. The van der Waals surface area contributed by atoms with E-state index in [0.717, 1.165) is 11.4 Å². The van der Waals surface area contributed by atoms with Crippen molar-refractivity contribution >= 4 is 40.5 Å². The molecule has 0 saturated heterocycles. The molecule has 0 spiro atoms. The molecular formula is C13H10LiNS2. The fraction of sp³-hybridized carbons (Fsp3) is 0. The van der Waals surface area contributed by atoms with Gasteiger partial charge in [-0.2, -0.15) is 0 Å². The third-order valence-corrected chi connectivity index (χ3v) is 2.58. The molecule has 0 bridgehead atoms. The monoisotopic (exact) mass is 251 g/mol. The van der Waals surface area contributed by atoms with Gasteiger partial charge in [0.05, 0.1) is 0 Å². The molecule has 0 heterocycles. The van der Waals surface area contributed by atoms with Crippen molar-refractivity contribution in [2.24, 2.45) is 0 Å². The summed E-state index contributed by atoms with van der Waals surface area (Å²) in [6.45, 7) is 0.